The van der Waals surface area contributed by atoms with Crippen LogP contribution in [0.3, 0.4) is 0 Å². The summed E-state index contributed by atoms with van der Waals surface area (Å²) in [5, 5.41) is 9.34. The van der Waals surface area contributed by atoms with E-state index < -0.39 is 0 Å². The molecule has 1 unspecified atom stereocenters. The molecular weight excluding hydrogens is 376 g/mol. The van der Waals surface area contributed by atoms with Crippen molar-refractivity contribution in [1.82, 2.24) is 9.99 Å². The SMILES string of the molecule is C=CCC=Cc1ccc(OC2C=C(N)C(N(N)CC3CC3)=CC2)nc1.CC.CCO. The van der Waals surface area contributed by atoms with Gasteiger partial charge in [0.1, 0.15) is 6.10 Å². The molecule has 1 atom stereocenters. The Morgan fingerprint density at radius 1 is 1.33 bits per heavy atom. The van der Waals surface area contributed by atoms with Gasteiger partial charge in [-0.3, -0.25) is 0 Å². The lowest BCUT2D eigenvalue weighted by molar-refractivity contribution is 0.235. The van der Waals surface area contributed by atoms with Crippen LogP contribution in [0.25, 0.3) is 6.08 Å². The molecule has 5 N–H and O–H groups in total. The number of hydrazine groups is 1. The third kappa shape index (κ3) is 9.29. The van der Waals surface area contributed by atoms with Crippen LogP contribution in [0.4, 0.5) is 0 Å². The molecule has 0 aromatic carbocycles. The Morgan fingerprint density at radius 2 is 2.03 bits per heavy atom. The predicted octanol–water partition coefficient (Wildman–Crippen LogP) is 4.16. The van der Waals surface area contributed by atoms with Crippen LogP contribution in [0.1, 0.15) is 52.0 Å². The Bertz CT molecular complexity index is 706. The topological polar surface area (TPSA) is 97.6 Å². The maximum absolute atomic E-state index is 7.57. The predicted molar refractivity (Wildman–Crippen MR) is 125 cm³/mol. The lowest BCUT2D eigenvalue weighted by atomic mass is 10.1. The Kier molecular flexibility index (Phi) is 12.2. The molecule has 30 heavy (non-hydrogen) atoms. The summed E-state index contributed by atoms with van der Waals surface area (Å²) in [4.78, 5) is 4.35. The largest absolute Gasteiger partial charge is 0.470 e. The third-order valence-corrected chi connectivity index (χ3v) is 4.31. The van der Waals surface area contributed by atoms with Crippen LogP contribution in [-0.4, -0.2) is 34.4 Å². The average Bonchev–Trinajstić information content (AvgIpc) is 3.56. The fourth-order valence-corrected chi connectivity index (χ4v) is 2.76. The van der Waals surface area contributed by atoms with Gasteiger partial charge in [0.2, 0.25) is 5.88 Å². The van der Waals surface area contributed by atoms with Crippen molar-refractivity contribution in [1.29, 1.82) is 0 Å². The summed E-state index contributed by atoms with van der Waals surface area (Å²) < 4.78 is 5.92. The standard InChI is InChI=1S/C20H26N4O.C2H6O.C2H6/c1-2-3-4-5-15-8-11-20(23-13-15)25-17-9-10-19(18(21)12-17)24(22)14-16-6-7-16;1-2-3;1-2/h2,4-5,8,10-13,16-17H,1,3,6-7,9,14,21-22H2;3H,2H2,1H3;1-2H3. The monoisotopic (exact) mass is 414 g/mol. The van der Waals surface area contributed by atoms with Crippen LogP contribution in [0.5, 0.6) is 5.88 Å². The molecule has 1 aromatic rings. The van der Waals surface area contributed by atoms with Crippen molar-refractivity contribution in [3.05, 3.63) is 66.2 Å². The zero-order valence-electron chi connectivity index (χ0n) is 18.6. The van der Waals surface area contributed by atoms with Gasteiger partial charge in [-0.1, -0.05) is 38.2 Å². The quantitative estimate of drug-likeness (QED) is 0.336. The van der Waals surface area contributed by atoms with Crippen LogP contribution in [0.2, 0.25) is 0 Å². The Balaban J connectivity index is 0.000000826. The molecule has 0 spiro atoms. The molecule has 0 amide bonds. The zero-order chi connectivity index (χ0) is 22.4. The van der Waals surface area contributed by atoms with Gasteiger partial charge in [0.25, 0.3) is 0 Å². The lowest BCUT2D eigenvalue weighted by Crippen LogP contribution is -2.36. The summed E-state index contributed by atoms with van der Waals surface area (Å²) in [7, 11) is 0. The van der Waals surface area contributed by atoms with Gasteiger partial charge in [0.15, 0.2) is 0 Å². The van der Waals surface area contributed by atoms with Crippen LogP contribution in [0, 0.1) is 5.92 Å². The van der Waals surface area contributed by atoms with E-state index in [2.05, 4.69) is 17.6 Å². The third-order valence-electron chi connectivity index (χ3n) is 4.31. The highest BCUT2D eigenvalue weighted by molar-refractivity contribution is 5.48. The first-order valence-corrected chi connectivity index (χ1v) is 10.8. The van der Waals surface area contributed by atoms with E-state index in [4.69, 9.17) is 21.4 Å². The number of hydrogen-bond donors (Lipinski definition) is 3. The minimum Gasteiger partial charge on any atom is -0.470 e. The minimum atomic E-state index is -0.118. The second-order valence-electron chi connectivity index (χ2n) is 6.87. The highest BCUT2D eigenvalue weighted by Gasteiger charge is 2.26. The fourth-order valence-electron chi connectivity index (χ4n) is 2.76. The molecule has 6 nitrogen and oxygen atoms in total. The van der Waals surface area contributed by atoms with Crippen molar-refractivity contribution >= 4 is 6.08 Å². The minimum absolute atomic E-state index is 0.118. The molecule has 1 heterocycles. The highest BCUT2D eigenvalue weighted by atomic mass is 16.5. The number of nitrogens with zero attached hydrogens (tertiary/aromatic N) is 2. The number of ether oxygens (including phenoxy) is 1. The van der Waals surface area contributed by atoms with Gasteiger partial charge in [-0.15, -0.1) is 6.58 Å². The normalized spacial score (nSPS) is 17.6. The first-order chi connectivity index (χ1) is 14.6. The molecule has 3 rings (SSSR count). The molecule has 0 radical (unpaired) electrons. The maximum atomic E-state index is 7.57. The van der Waals surface area contributed by atoms with Crippen molar-refractivity contribution in [2.24, 2.45) is 17.5 Å². The van der Waals surface area contributed by atoms with Crippen LogP contribution >= 0.6 is 0 Å². The number of nitrogens with two attached hydrogens (primary N) is 2. The molecule has 0 saturated heterocycles. The van der Waals surface area contributed by atoms with Crippen molar-refractivity contribution in [3.63, 3.8) is 0 Å². The summed E-state index contributed by atoms with van der Waals surface area (Å²) in [5.74, 6) is 7.43. The molecule has 0 aliphatic heterocycles. The number of pyridine rings is 1. The molecule has 1 fully saturated rings. The second kappa shape index (κ2) is 14.4. The number of aromatic nitrogens is 1. The van der Waals surface area contributed by atoms with E-state index in [1.165, 1.54) is 12.8 Å². The van der Waals surface area contributed by atoms with Crippen molar-refractivity contribution in [2.45, 2.75) is 52.6 Å². The van der Waals surface area contributed by atoms with E-state index in [0.29, 0.717) is 11.6 Å². The Labute approximate surface area is 181 Å². The van der Waals surface area contributed by atoms with E-state index in [-0.39, 0.29) is 12.7 Å². The summed E-state index contributed by atoms with van der Waals surface area (Å²) in [6.45, 7) is 10.5. The summed E-state index contributed by atoms with van der Waals surface area (Å²) in [5.41, 5.74) is 8.78. The summed E-state index contributed by atoms with van der Waals surface area (Å²) >= 11 is 0. The number of rotatable bonds is 8. The first kappa shape index (κ1) is 25.5. The summed E-state index contributed by atoms with van der Waals surface area (Å²) in [6.07, 6.45) is 15.7. The van der Waals surface area contributed by atoms with E-state index >= 15 is 0 Å². The van der Waals surface area contributed by atoms with Crippen molar-refractivity contribution in [2.75, 3.05) is 13.2 Å². The number of hydrogen-bond acceptors (Lipinski definition) is 6. The molecular formula is C24H38N4O2. The van der Waals surface area contributed by atoms with Crippen LogP contribution in [-0.2, 0) is 0 Å². The first-order valence-electron chi connectivity index (χ1n) is 10.8. The molecule has 0 bridgehead atoms. The Morgan fingerprint density at radius 3 is 2.57 bits per heavy atom. The molecule has 166 valence electrons. The molecule has 2 aliphatic carbocycles. The van der Waals surface area contributed by atoms with E-state index in [0.717, 1.165) is 36.6 Å². The zero-order valence-corrected chi connectivity index (χ0v) is 18.6. The van der Waals surface area contributed by atoms with Gasteiger partial charge in [0, 0.05) is 31.8 Å². The molecule has 6 heteroatoms. The number of allylic oxidation sites excluding steroid dienone is 2. The van der Waals surface area contributed by atoms with E-state index in [1.54, 1.807) is 18.1 Å². The van der Waals surface area contributed by atoms with Gasteiger partial charge in [-0.05, 0) is 49.8 Å². The Hall–Kier alpha value is -2.57. The van der Waals surface area contributed by atoms with E-state index in [1.807, 2.05) is 50.3 Å². The van der Waals surface area contributed by atoms with Crippen molar-refractivity contribution < 1.29 is 9.84 Å². The van der Waals surface area contributed by atoms with Gasteiger partial charge in [-0.2, -0.15) is 0 Å². The molecule has 1 aromatic heterocycles. The molecule has 1 saturated carbocycles. The smallest absolute Gasteiger partial charge is 0.213 e. The average molecular weight is 415 g/mol. The van der Waals surface area contributed by atoms with Crippen LogP contribution in [0.15, 0.2) is 60.6 Å². The molecule has 2 aliphatic rings. The number of aliphatic hydroxyl groups is 1. The van der Waals surface area contributed by atoms with Gasteiger partial charge < -0.3 is 20.6 Å². The van der Waals surface area contributed by atoms with Gasteiger partial charge >= 0.3 is 0 Å². The van der Waals surface area contributed by atoms with E-state index in [9.17, 15) is 0 Å². The van der Waals surface area contributed by atoms with Crippen LogP contribution < -0.4 is 16.3 Å². The lowest BCUT2D eigenvalue weighted by Gasteiger charge is -2.27. The maximum Gasteiger partial charge on any atom is 0.213 e. The highest BCUT2D eigenvalue weighted by Crippen LogP contribution is 2.31. The summed E-state index contributed by atoms with van der Waals surface area (Å²) in [6, 6.07) is 3.86. The van der Waals surface area contributed by atoms with Crippen molar-refractivity contribution in [3.8, 4) is 5.88 Å². The fraction of sp³-hybridized carbons (Fsp3) is 0.458. The van der Waals surface area contributed by atoms with Gasteiger partial charge in [-0.25, -0.2) is 10.8 Å². The second-order valence-corrected chi connectivity index (χ2v) is 6.87. The van der Waals surface area contributed by atoms with Gasteiger partial charge in [0.05, 0.1) is 11.4 Å². The number of aliphatic hydroxyl groups excluding tert-OH is 1.